The van der Waals surface area contributed by atoms with Gasteiger partial charge in [0.15, 0.2) is 6.86 Å². The van der Waals surface area contributed by atoms with Crippen molar-refractivity contribution < 1.29 is 13.2 Å². The number of hydrogen-bond acceptors (Lipinski definition) is 2. The fourth-order valence-corrected chi connectivity index (χ4v) is 1.71. The summed E-state index contributed by atoms with van der Waals surface area (Å²) in [5, 5.41) is 0. The summed E-state index contributed by atoms with van der Waals surface area (Å²) in [7, 11) is -0.604. The van der Waals surface area contributed by atoms with E-state index in [1.165, 1.54) is 0 Å². The highest BCUT2D eigenvalue weighted by Crippen LogP contribution is 2.21. The van der Waals surface area contributed by atoms with Gasteiger partial charge in [-0.05, 0) is 12.1 Å². The van der Waals surface area contributed by atoms with Gasteiger partial charge in [0, 0.05) is 7.11 Å². The predicted molar refractivity (Wildman–Crippen MR) is 40.8 cm³/mol. The lowest BCUT2D eigenvalue weighted by Gasteiger charge is -2.26. The Labute approximate surface area is 62.6 Å². The number of halogens is 1. The second-order valence-corrected chi connectivity index (χ2v) is 6.51. The van der Waals surface area contributed by atoms with Gasteiger partial charge in [-0.1, -0.05) is 13.8 Å². The summed E-state index contributed by atoms with van der Waals surface area (Å²) in [4.78, 5) is 0. The van der Waals surface area contributed by atoms with E-state index in [0.717, 1.165) is 0 Å². The summed E-state index contributed by atoms with van der Waals surface area (Å²) in [5.74, 6) is 0. The topological polar surface area (TPSA) is 18.5 Å². The minimum absolute atomic E-state index is 0.285. The Morgan fingerprint density at radius 3 is 2.10 bits per heavy atom. The van der Waals surface area contributed by atoms with Crippen molar-refractivity contribution in [3.63, 3.8) is 0 Å². The molecule has 0 aliphatic rings. The van der Waals surface area contributed by atoms with Crippen LogP contribution in [0.15, 0.2) is 0 Å². The van der Waals surface area contributed by atoms with Crippen molar-refractivity contribution in [3.8, 4) is 0 Å². The highest BCUT2D eigenvalue weighted by atomic mass is 28.4. The highest BCUT2D eigenvalue weighted by Gasteiger charge is 2.34. The number of alkyl halides is 1. The molecule has 0 N–H and O–H groups in total. The Bertz CT molecular complexity index is 99.7. The Morgan fingerprint density at radius 1 is 1.50 bits per heavy atom. The van der Waals surface area contributed by atoms with Gasteiger partial charge in [-0.25, -0.2) is 4.39 Å². The molecular weight excluding hydrogens is 151 g/mol. The van der Waals surface area contributed by atoms with Crippen molar-refractivity contribution >= 4 is 8.56 Å². The summed E-state index contributed by atoms with van der Waals surface area (Å²) in [5.41, 5.74) is 0.285. The van der Waals surface area contributed by atoms with E-state index < -0.39 is 15.4 Å². The van der Waals surface area contributed by atoms with Gasteiger partial charge in [-0.3, -0.25) is 0 Å². The standard InChI is InChI=1S/C6H15FO2Si/c1-6(2)10(4,8-3)9-5-7/h6H,5H2,1-4H3. The number of rotatable bonds is 4. The maximum absolute atomic E-state index is 11.8. The molecule has 1 unspecified atom stereocenters. The third-order valence-electron chi connectivity index (χ3n) is 1.80. The summed E-state index contributed by atoms with van der Waals surface area (Å²) >= 11 is 0. The summed E-state index contributed by atoms with van der Waals surface area (Å²) in [6.45, 7) is 5.07. The van der Waals surface area contributed by atoms with Crippen LogP contribution in [-0.4, -0.2) is 22.5 Å². The summed E-state index contributed by atoms with van der Waals surface area (Å²) in [6, 6.07) is 0. The third-order valence-corrected chi connectivity index (χ3v) is 5.39. The van der Waals surface area contributed by atoms with Crippen LogP contribution in [0.1, 0.15) is 13.8 Å². The van der Waals surface area contributed by atoms with E-state index in [4.69, 9.17) is 8.85 Å². The first-order valence-electron chi connectivity index (χ1n) is 3.32. The Kier molecular flexibility index (Phi) is 4.08. The van der Waals surface area contributed by atoms with E-state index in [1.54, 1.807) is 7.11 Å². The molecule has 0 saturated heterocycles. The fourth-order valence-electron chi connectivity index (χ4n) is 0.570. The molecule has 0 aliphatic heterocycles. The van der Waals surface area contributed by atoms with Crippen molar-refractivity contribution in [2.75, 3.05) is 14.0 Å². The van der Waals surface area contributed by atoms with Crippen LogP contribution in [0.3, 0.4) is 0 Å². The lowest BCUT2D eigenvalue weighted by Crippen LogP contribution is -2.40. The van der Waals surface area contributed by atoms with Crippen molar-refractivity contribution in [2.24, 2.45) is 0 Å². The van der Waals surface area contributed by atoms with Crippen LogP contribution in [0, 0.1) is 0 Å². The molecule has 0 bridgehead atoms. The smallest absolute Gasteiger partial charge is 0.339 e. The van der Waals surface area contributed by atoms with Crippen LogP contribution in [0.2, 0.25) is 12.1 Å². The van der Waals surface area contributed by atoms with Crippen LogP contribution in [0.5, 0.6) is 0 Å². The van der Waals surface area contributed by atoms with Crippen LogP contribution in [0.4, 0.5) is 4.39 Å². The van der Waals surface area contributed by atoms with E-state index >= 15 is 0 Å². The molecule has 0 fully saturated rings. The molecule has 0 aromatic carbocycles. The zero-order valence-electron chi connectivity index (χ0n) is 6.98. The average molecular weight is 166 g/mol. The lowest BCUT2D eigenvalue weighted by atomic mass is 10.6. The molecule has 0 rings (SSSR count). The fraction of sp³-hybridized carbons (Fsp3) is 1.00. The van der Waals surface area contributed by atoms with Crippen LogP contribution in [-0.2, 0) is 8.85 Å². The van der Waals surface area contributed by atoms with Gasteiger partial charge in [0.05, 0.1) is 0 Å². The third kappa shape index (κ3) is 2.36. The molecule has 2 nitrogen and oxygen atoms in total. The minimum Gasteiger partial charge on any atom is -0.398 e. The second-order valence-electron chi connectivity index (χ2n) is 2.63. The molecule has 1 atom stereocenters. The van der Waals surface area contributed by atoms with Gasteiger partial charge < -0.3 is 8.85 Å². The maximum Gasteiger partial charge on any atom is 0.339 e. The molecular formula is C6H15FO2Si. The molecule has 0 heterocycles. The molecule has 62 valence electrons. The number of hydrogen-bond donors (Lipinski definition) is 0. The van der Waals surface area contributed by atoms with Crippen molar-refractivity contribution in [1.82, 2.24) is 0 Å². The van der Waals surface area contributed by atoms with Gasteiger partial charge in [0.25, 0.3) is 0 Å². The SMILES string of the molecule is CO[Si](C)(OCF)C(C)C. The van der Waals surface area contributed by atoms with E-state index in [1.807, 2.05) is 20.4 Å². The van der Waals surface area contributed by atoms with Crippen LogP contribution in [0.25, 0.3) is 0 Å². The zero-order valence-corrected chi connectivity index (χ0v) is 7.98. The normalized spacial score (nSPS) is 17.4. The molecule has 0 saturated carbocycles. The monoisotopic (exact) mass is 166 g/mol. The van der Waals surface area contributed by atoms with E-state index in [0.29, 0.717) is 0 Å². The summed E-state index contributed by atoms with van der Waals surface area (Å²) < 4.78 is 21.8. The van der Waals surface area contributed by atoms with Crippen molar-refractivity contribution in [3.05, 3.63) is 0 Å². The molecule has 0 spiro atoms. The largest absolute Gasteiger partial charge is 0.398 e. The van der Waals surface area contributed by atoms with Crippen LogP contribution < -0.4 is 0 Å². The molecule has 0 aromatic heterocycles. The van der Waals surface area contributed by atoms with Crippen molar-refractivity contribution in [2.45, 2.75) is 25.9 Å². The van der Waals surface area contributed by atoms with E-state index in [2.05, 4.69) is 0 Å². The van der Waals surface area contributed by atoms with Gasteiger partial charge in [0.2, 0.25) is 0 Å². The predicted octanol–water partition coefficient (Wildman–Crippen LogP) is 2.06. The second kappa shape index (κ2) is 4.05. The van der Waals surface area contributed by atoms with Gasteiger partial charge >= 0.3 is 8.56 Å². The van der Waals surface area contributed by atoms with Gasteiger partial charge in [0.1, 0.15) is 0 Å². The summed E-state index contributed by atoms with van der Waals surface area (Å²) in [6.07, 6.45) is 0. The minimum atomic E-state index is -2.18. The molecule has 4 heteroatoms. The van der Waals surface area contributed by atoms with Gasteiger partial charge in [-0.15, -0.1) is 0 Å². The molecule has 0 radical (unpaired) electrons. The molecule has 0 aliphatic carbocycles. The first kappa shape index (κ1) is 10.1. The van der Waals surface area contributed by atoms with Gasteiger partial charge in [-0.2, -0.15) is 0 Å². The Hall–Kier alpha value is 0.0669. The molecule has 0 amide bonds. The van der Waals surface area contributed by atoms with Crippen LogP contribution >= 0.6 is 0 Å². The lowest BCUT2D eigenvalue weighted by molar-refractivity contribution is 0.125. The quantitative estimate of drug-likeness (QED) is 0.595. The van der Waals surface area contributed by atoms with Crippen molar-refractivity contribution in [1.29, 1.82) is 0 Å². The molecule has 10 heavy (non-hydrogen) atoms. The van der Waals surface area contributed by atoms with E-state index in [9.17, 15) is 4.39 Å². The van der Waals surface area contributed by atoms with E-state index in [-0.39, 0.29) is 5.54 Å². The first-order valence-corrected chi connectivity index (χ1v) is 5.71. The first-order chi connectivity index (χ1) is 4.56. The maximum atomic E-state index is 11.8. The Balaban J connectivity index is 3.94. The molecule has 0 aromatic rings. The zero-order chi connectivity index (χ0) is 8.20. The average Bonchev–Trinajstić information content (AvgIpc) is 1.88. The Morgan fingerprint density at radius 2 is 2.00 bits per heavy atom. The highest BCUT2D eigenvalue weighted by molar-refractivity contribution is 6.67.